The summed E-state index contributed by atoms with van der Waals surface area (Å²) in [5, 5.41) is 5.06. The number of thiophene rings is 1. The average molecular weight is 343 g/mol. The van der Waals surface area contributed by atoms with Crippen molar-refractivity contribution in [3.8, 4) is 0 Å². The Bertz CT molecular complexity index is 696. The largest absolute Gasteiger partial charge is 0.313 e. The Kier molecular flexibility index (Phi) is 5.69. The lowest BCUT2D eigenvalue weighted by atomic mass is 10.3. The fraction of sp³-hybridized carbons (Fsp3) is 0.286. The number of rotatable bonds is 7. The molecule has 0 aliphatic heterocycles. The van der Waals surface area contributed by atoms with Crippen LogP contribution in [0.3, 0.4) is 0 Å². The van der Waals surface area contributed by atoms with Gasteiger partial charge in [0.25, 0.3) is 10.0 Å². The quantitative estimate of drug-likeness (QED) is 0.757. The summed E-state index contributed by atoms with van der Waals surface area (Å²) >= 11 is 2.76. The van der Waals surface area contributed by atoms with Crippen LogP contribution in [0.5, 0.6) is 0 Å². The van der Waals surface area contributed by atoms with Crippen molar-refractivity contribution in [1.82, 2.24) is 5.32 Å². The molecular formula is C14H18N2O2S3. The van der Waals surface area contributed by atoms with Crippen LogP contribution in [-0.4, -0.2) is 21.2 Å². The van der Waals surface area contributed by atoms with E-state index in [9.17, 15) is 8.42 Å². The van der Waals surface area contributed by atoms with E-state index in [2.05, 4.69) is 10.0 Å². The van der Waals surface area contributed by atoms with Gasteiger partial charge in [-0.1, -0.05) is 19.1 Å². The molecule has 0 saturated heterocycles. The number of thioether (sulfide) groups is 1. The van der Waals surface area contributed by atoms with Crippen molar-refractivity contribution in [3.05, 3.63) is 41.3 Å². The van der Waals surface area contributed by atoms with Gasteiger partial charge in [-0.3, -0.25) is 4.72 Å². The molecule has 0 atom stereocenters. The molecule has 0 radical (unpaired) electrons. The van der Waals surface area contributed by atoms with Crippen LogP contribution in [0.2, 0.25) is 0 Å². The van der Waals surface area contributed by atoms with Gasteiger partial charge >= 0.3 is 0 Å². The van der Waals surface area contributed by atoms with Crippen molar-refractivity contribution in [2.75, 3.05) is 17.5 Å². The van der Waals surface area contributed by atoms with Gasteiger partial charge in [-0.2, -0.15) is 0 Å². The van der Waals surface area contributed by atoms with Gasteiger partial charge in [-0.25, -0.2) is 8.42 Å². The highest BCUT2D eigenvalue weighted by Gasteiger charge is 2.18. The highest BCUT2D eigenvalue weighted by atomic mass is 32.2. The summed E-state index contributed by atoms with van der Waals surface area (Å²) in [7, 11) is -3.52. The summed E-state index contributed by atoms with van der Waals surface area (Å²) in [6.45, 7) is 3.56. The molecular weight excluding hydrogens is 324 g/mol. The molecule has 1 aromatic carbocycles. The molecule has 1 heterocycles. The second kappa shape index (κ2) is 7.31. The van der Waals surface area contributed by atoms with E-state index in [1.807, 2.05) is 36.8 Å². The minimum atomic E-state index is -3.52. The third-order valence-electron chi connectivity index (χ3n) is 2.82. The number of hydrogen-bond acceptors (Lipinski definition) is 5. The molecule has 2 aromatic rings. The van der Waals surface area contributed by atoms with Crippen LogP contribution in [0, 0.1) is 0 Å². The summed E-state index contributed by atoms with van der Waals surface area (Å²) in [4.78, 5) is 0.908. The summed E-state index contributed by atoms with van der Waals surface area (Å²) in [6, 6.07) is 9.10. The fourth-order valence-electron chi connectivity index (χ4n) is 1.78. The second-order valence-electron chi connectivity index (χ2n) is 4.36. The second-order valence-corrected chi connectivity index (χ2v) is 8.03. The third-order valence-corrected chi connectivity index (χ3v) is 6.47. The van der Waals surface area contributed by atoms with Gasteiger partial charge in [0.2, 0.25) is 0 Å². The Balaban J connectivity index is 2.20. The van der Waals surface area contributed by atoms with Crippen LogP contribution in [0.25, 0.3) is 0 Å². The predicted molar refractivity (Wildman–Crippen MR) is 90.7 cm³/mol. The average Bonchev–Trinajstić information content (AvgIpc) is 2.95. The minimum absolute atomic E-state index is 0.339. The van der Waals surface area contributed by atoms with Gasteiger partial charge in [-0.15, -0.1) is 23.1 Å². The Hall–Kier alpha value is -1.02. The number of para-hydroxylation sites is 1. The van der Waals surface area contributed by atoms with Gasteiger partial charge in [0.05, 0.1) is 5.69 Å². The minimum Gasteiger partial charge on any atom is -0.313 e. The van der Waals surface area contributed by atoms with Crippen LogP contribution >= 0.6 is 23.1 Å². The van der Waals surface area contributed by atoms with E-state index in [0.29, 0.717) is 16.4 Å². The van der Waals surface area contributed by atoms with Crippen molar-refractivity contribution in [3.63, 3.8) is 0 Å². The smallest absolute Gasteiger partial charge is 0.271 e. The molecule has 0 bridgehead atoms. The zero-order valence-electron chi connectivity index (χ0n) is 11.9. The van der Waals surface area contributed by atoms with Crippen molar-refractivity contribution in [2.45, 2.75) is 22.6 Å². The topological polar surface area (TPSA) is 58.2 Å². The van der Waals surface area contributed by atoms with Gasteiger partial charge in [0.1, 0.15) is 4.21 Å². The van der Waals surface area contributed by atoms with E-state index in [1.54, 1.807) is 12.1 Å². The lowest BCUT2D eigenvalue weighted by molar-refractivity contribution is 0.603. The number of nitrogens with one attached hydrogen (secondary N) is 2. The molecule has 2 N–H and O–H groups in total. The molecule has 0 fully saturated rings. The number of sulfonamides is 1. The van der Waals surface area contributed by atoms with Crippen LogP contribution in [0.4, 0.5) is 5.69 Å². The normalized spacial score (nSPS) is 11.5. The zero-order chi connectivity index (χ0) is 15.3. The standard InChI is InChI=1S/C14H18N2O2S3/c1-3-15-9-11-8-14(20-10-11)21(17,18)16-12-6-4-5-7-13(12)19-2/h4-8,10,15-16H,3,9H2,1-2H3. The molecule has 21 heavy (non-hydrogen) atoms. The first-order valence-corrected chi connectivity index (χ1v) is 10.1. The van der Waals surface area contributed by atoms with Crippen LogP contribution < -0.4 is 10.0 Å². The summed E-state index contributed by atoms with van der Waals surface area (Å²) in [5.41, 5.74) is 1.60. The Labute approximate surface area is 134 Å². The maximum Gasteiger partial charge on any atom is 0.271 e. The molecule has 0 spiro atoms. The monoisotopic (exact) mass is 342 g/mol. The Morgan fingerprint density at radius 3 is 2.76 bits per heavy atom. The third kappa shape index (κ3) is 4.23. The van der Waals surface area contributed by atoms with E-state index in [1.165, 1.54) is 23.1 Å². The van der Waals surface area contributed by atoms with E-state index < -0.39 is 10.0 Å². The zero-order valence-corrected chi connectivity index (χ0v) is 14.4. The maximum atomic E-state index is 12.4. The van der Waals surface area contributed by atoms with Gasteiger partial charge in [-0.05, 0) is 41.9 Å². The van der Waals surface area contributed by atoms with Crippen LogP contribution in [-0.2, 0) is 16.6 Å². The van der Waals surface area contributed by atoms with Crippen molar-refractivity contribution < 1.29 is 8.42 Å². The number of benzene rings is 1. The predicted octanol–water partition coefficient (Wildman–Crippen LogP) is 3.38. The van der Waals surface area contributed by atoms with Gasteiger partial charge in [0.15, 0.2) is 0 Å². The SMILES string of the molecule is CCNCc1csc(S(=O)(=O)Nc2ccccc2SC)c1. The summed E-state index contributed by atoms with van der Waals surface area (Å²) in [6.07, 6.45) is 1.92. The van der Waals surface area contributed by atoms with Crippen LogP contribution in [0.1, 0.15) is 12.5 Å². The number of anilines is 1. The Morgan fingerprint density at radius 1 is 1.29 bits per heavy atom. The lowest BCUT2D eigenvalue weighted by Gasteiger charge is -2.09. The molecule has 7 heteroatoms. The number of hydrogen-bond donors (Lipinski definition) is 2. The molecule has 0 aliphatic carbocycles. The summed E-state index contributed by atoms with van der Waals surface area (Å²) < 4.78 is 27.9. The van der Waals surface area contributed by atoms with E-state index >= 15 is 0 Å². The Morgan fingerprint density at radius 2 is 2.05 bits per heavy atom. The van der Waals surface area contributed by atoms with E-state index in [4.69, 9.17) is 0 Å². The van der Waals surface area contributed by atoms with E-state index in [-0.39, 0.29) is 0 Å². The van der Waals surface area contributed by atoms with Crippen LogP contribution in [0.15, 0.2) is 44.8 Å². The first kappa shape index (κ1) is 16.4. The summed E-state index contributed by atoms with van der Waals surface area (Å²) in [5.74, 6) is 0. The van der Waals surface area contributed by atoms with Gasteiger partial charge in [0, 0.05) is 11.4 Å². The van der Waals surface area contributed by atoms with Crippen molar-refractivity contribution >= 4 is 38.8 Å². The highest BCUT2D eigenvalue weighted by Crippen LogP contribution is 2.28. The molecule has 0 amide bonds. The van der Waals surface area contributed by atoms with Crippen molar-refractivity contribution in [2.24, 2.45) is 0 Å². The molecule has 0 aliphatic rings. The maximum absolute atomic E-state index is 12.4. The molecule has 0 unspecified atom stereocenters. The first-order valence-electron chi connectivity index (χ1n) is 6.50. The highest BCUT2D eigenvalue weighted by molar-refractivity contribution is 7.99. The molecule has 0 saturated carbocycles. The lowest BCUT2D eigenvalue weighted by Crippen LogP contribution is -2.13. The fourth-order valence-corrected chi connectivity index (χ4v) is 4.69. The van der Waals surface area contributed by atoms with E-state index in [0.717, 1.165) is 17.0 Å². The first-order chi connectivity index (χ1) is 10.1. The van der Waals surface area contributed by atoms with Gasteiger partial charge < -0.3 is 5.32 Å². The molecule has 4 nitrogen and oxygen atoms in total. The van der Waals surface area contributed by atoms with Crippen molar-refractivity contribution in [1.29, 1.82) is 0 Å². The molecule has 1 aromatic heterocycles. The molecule has 114 valence electrons. The molecule has 2 rings (SSSR count).